The third-order valence-corrected chi connectivity index (χ3v) is 4.30. The van der Waals surface area contributed by atoms with Crippen LogP contribution in [0, 0.1) is 19.5 Å². The Morgan fingerprint density at radius 1 is 1.04 bits per heavy atom. The van der Waals surface area contributed by atoms with Crippen LogP contribution in [0.25, 0.3) is 0 Å². The second-order valence-electron chi connectivity index (χ2n) is 5.06. The topological polar surface area (TPSA) is 93.0 Å². The summed E-state index contributed by atoms with van der Waals surface area (Å²) in [6, 6.07) is 11.1. The summed E-state index contributed by atoms with van der Waals surface area (Å²) in [6.07, 6.45) is 1.19. The van der Waals surface area contributed by atoms with Crippen molar-refractivity contribution >= 4 is 62.9 Å². The average Bonchev–Trinajstić information content (AvgIpc) is 2.60. The lowest BCUT2D eigenvalue weighted by molar-refractivity contribution is -0.383. The Morgan fingerprint density at radius 2 is 1.62 bits per heavy atom. The number of aromatic nitrogens is 2. The molecule has 3 rings (SSSR count). The zero-order chi connectivity index (χ0) is 18.7. The van der Waals surface area contributed by atoms with Crippen LogP contribution in [0.3, 0.4) is 0 Å². The van der Waals surface area contributed by atoms with Crippen molar-refractivity contribution in [1.82, 2.24) is 9.97 Å². The zero-order valence-electron chi connectivity index (χ0n) is 12.9. The van der Waals surface area contributed by atoms with E-state index in [-0.39, 0.29) is 22.3 Å². The third kappa shape index (κ3) is 4.17. The molecule has 2 N–H and O–H groups in total. The number of hydrogen-bond donors (Lipinski definition) is 2. The highest BCUT2D eigenvalue weighted by atomic mass is 127. The maximum atomic E-state index is 13.3. The second-order valence-corrected chi connectivity index (χ2v) is 6.72. The van der Waals surface area contributed by atoms with Gasteiger partial charge in [0, 0.05) is 14.9 Å². The number of hydrogen-bond acceptors (Lipinski definition) is 6. The molecule has 0 aliphatic carbocycles. The number of nitrogens with zero attached hydrogens (tertiary/aromatic N) is 3. The Bertz CT molecular complexity index is 971. The number of nitro groups is 1. The molecule has 10 heteroatoms. The van der Waals surface area contributed by atoms with Gasteiger partial charge in [0.2, 0.25) is 11.6 Å². The summed E-state index contributed by atoms with van der Waals surface area (Å²) in [4.78, 5) is 18.8. The second kappa shape index (κ2) is 7.79. The van der Waals surface area contributed by atoms with Crippen molar-refractivity contribution in [3.63, 3.8) is 0 Å². The van der Waals surface area contributed by atoms with Crippen molar-refractivity contribution in [3.05, 3.63) is 73.3 Å². The Labute approximate surface area is 165 Å². The number of halogens is 3. The lowest BCUT2D eigenvalue weighted by atomic mass is 10.3. The first-order chi connectivity index (χ1) is 12.4. The first-order valence-corrected chi connectivity index (χ1v) is 8.64. The number of nitrogens with one attached hydrogen (secondary N) is 2. The van der Waals surface area contributed by atoms with E-state index in [0.29, 0.717) is 11.4 Å². The summed E-state index contributed by atoms with van der Waals surface area (Å²) in [7, 11) is 0. The molecule has 1 aromatic heterocycles. The first kappa shape index (κ1) is 18.3. The largest absolute Gasteiger partial charge is 0.353 e. The molecular weight excluding hydrogens is 476 g/mol. The van der Waals surface area contributed by atoms with Crippen LogP contribution < -0.4 is 10.6 Å². The molecule has 0 saturated heterocycles. The van der Waals surface area contributed by atoms with Crippen molar-refractivity contribution in [3.8, 4) is 0 Å². The molecule has 132 valence electrons. The first-order valence-electron chi connectivity index (χ1n) is 7.18. The molecule has 26 heavy (non-hydrogen) atoms. The molecule has 0 atom stereocenters. The fourth-order valence-corrected chi connectivity index (χ4v) is 2.66. The molecule has 0 saturated carbocycles. The van der Waals surface area contributed by atoms with Crippen molar-refractivity contribution < 1.29 is 9.31 Å². The van der Waals surface area contributed by atoms with Gasteiger partial charge in [-0.05, 0) is 65.1 Å². The van der Waals surface area contributed by atoms with Crippen molar-refractivity contribution in [2.24, 2.45) is 0 Å². The van der Waals surface area contributed by atoms with E-state index >= 15 is 0 Å². The highest BCUT2D eigenvalue weighted by Crippen LogP contribution is 2.33. The lowest BCUT2D eigenvalue weighted by Gasteiger charge is -2.10. The average molecular weight is 486 g/mol. The van der Waals surface area contributed by atoms with Gasteiger partial charge in [0.1, 0.15) is 12.1 Å². The van der Waals surface area contributed by atoms with E-state index < -0.39 is 10.7 Å². The van der Waals surface area contributed by atoms with Crippen LogP contribution in [-0.4, -0.2) is 14.9 Å². The summed E-state index contributed by atoms with van der Waals surface area (Å²) in [6.45, 7) is 0. The SMILES string of the molecule is O=[N+]([O-])c1c(Nc2ccc(I)cc2)ncnc1Nc1ccc(F)c(Cl)c1. The smallest absolute Gasteiger partial charge is 0.334 e. The van der Waals surface area contributed by atoms with Gasteiger partial charge in [-0.1, -0.05) is 11.6 Å². The molecule has 3 aromatic rings. The summed E-state index contributed by atoms with van der Waals surface area (Å²) in [5.41, 5.74) is 0.660. The van der Waals surface area contributed by atoms with Crippen molar-refractivity contribution in [2.45, 2.75) is 0 Å². The molecule has 7 nitrogen and oxygen atoms in total. The zero-order valence-corrected chi connectivity index (χ0v) is 15.8. The molecule has 0 amide bonds. The minimum absolute atomic E-state index is 0.0296. The molecule has 0 aliphatic heterocycles. The van der Waals surface area contributed by atoms with E-state index in [1.165, 1.54) is 18.5 Å². The van der Waals surface area contributed by atoms with E-state index in [2.05, 4.69) is 43.2 Å². The molecule has 0 radical (unpaired) electrons. The Morgan fingerprint density at radius 3 is 2.19 bits per heavy atom. The van der Waals surface area contributed by atoms with E-state index in [0.717, 1.165) is 9.64 Å². The standard InChI is InChI=1S/C16H10ClFIN5O2/c17-12-7-11(5-6-13(12)18)23-16-14(24(25)26)15(20-8-21-16)22-10-3-1-9(19)2-4-10/h1-8H,(H2,20,21,22,23). The van der Waals surface area contributed by atoms with Crippen LogP contribution in [0.5, 0.6) is 0 Å². The van der Waals surface area contributed by atoms with Crippen LogP contribution in [0.15, 0.2) is 48.8 Å². The molecule has 2 aromatic carbocycles. The number of anilines is 4. The molecule has 0 bridgehead atoms. The summed E-state index contributed by atoms with van der Waals surface area (Å²) in [5.74, 6) is -0.599. The van der Waals surface area contributed by atoms with E-state index in [4.69, 9.17) is 11.6 Å². The fourth-order valence-electron chi connectivity index (χ4n) is 2.12. The van der Waals surface area contributed by atoms with Gasteiger partial charge >= 0.3 is 5.69 Å². The fraction of sp³-hybridized carbons (Fsp3) is 0. The third-order valence-electron chi connectivity index (χ3n) is 3.29. The minimum atomic E-state index is -0.595. The van der Waals surface area contributed by atoms with Gasteiger partial charge in [-0.2, -0.15) is 0 Å². The van der Waals surface area contributed by atoms with Gasteiger partial charge in [0.25, 0.3) is 0 Å². The Kier molecular flexibility index (Phi) is 5.47. The molecule has 0 spiro atoms. The molecule has 0 unspecified atom stereocenters. The van der Waals surface area contributed by atoms with Crippen LogP contribution in [0.2, 0.25) is 5.02 Å². The summed E-state index contributed by atoms with van der Waals surface area (Å²) in [5, 5.41) is 17.1. The van der Waals surface area contributed by atoms with Crippen LogP contribution in [0.4, 0.5) is 33.1 Å². The highest BCUT2D eigenvalue weighted by molar-refractivity contribution is 14.1. The van der Waals surface area contributed by atoms with Gasteiger partial charge in [0.15, 0.2) is 0 Å². The van der Waals surface area contributed by atoms with E-state index in [1.54, 1.807) is 12.1 Å². The Hall–Kier alpha value is -2.53. The number of benzene rings is 2. The van der Waals surface area contributed by atoms with E-state index in [9.17, 15) is 14.5 Å². The molecule has 0 fully saturated rings. The number of rotatable bonds is 5. The normalized spacial score (nSPS) is 10.4. The van der Waals surface area contributed by atoms with Gasteiger partial charge in [-0.25, -0.2) is 14.4 Å². The maximum Gasteiger partial charge on any atom is 0.353 e. The quantitative estimate of drug-likeness (QED) is 0.291. The van der Waals surface area contributed by atoms with Crippen molar-refractivity contribution in [2.75, 3.05) is 10.6 Å². The van der Waals surface area contributed by atoms with Gasteiger partial charge in [-0.3, -0.25) is 10.1 Å². The van der Waals surface area contributed by atoms with Crippen molar-refractivity contribution in [1.29, 1.82) is 0 Å². The molecule has 0 aliphatic rings. The van der Waals surface area contributed by atoms with E-state index in [1.807, 2.05) is 12.1 Å². The molecule has 1 heterocycles. The van der Waals surface area contributed by atoms with Gasteiger partial charge < -0.3 is 10.6 Å². The Balaban J connectivity index is 1.96. The highest BCUT2D eigenvalue weighted by Gasteiger charge is 2.23. The maximum absolute atomic E-state index is 13.3. The monoisotopic (exact) mass is 485 g/mol. The van der Waals surface area contributed by atoms with Crippen LogP contribution in [0.1, 0.15) is 0 Å². The van der Waals surface area contributed by atoms with Crippen LogP contribution >= 0.6 is 34.2 Å². The summed E-state index contributed by atoms with van der Waals surface area (Å²) >= 11 is 7.90. The van der Waals surface area contributed by atoms with Gasteiger partial charge in [0.05, 0.1) is 9.95 Å². The predicted octanol–water partition coefficient (Wildman–Crippen LogP) is 5.27. The van der Waals surface area contributed by atoms with Crippen LogP contribution in [-0.2, 0) is 0 Å². The van der Waals surface area contributed by atoms with Gasteiger partial charge in [-0.15, -0.1) is 0 Å². The minimum Gasteiger partial charge on any atom is -0.334 e. The lowest BCUT2D eigenvalue weighted by Crippen LogP contribution is -2.05. The molecular formula is C16H10ClFIN5O2. The predicted molar refractivity (Wildman–Crippen MR) is 106 cm³/mol. The summed E-state index contributed by atoms with van der Waals surface area (Å²) < 4.78 is 14.3.